The molecule has 2 nitrogen and oxygen atoms in total. The van der Waals surface area contributed by atoms with Gasteiger partial charge in [-0.3, -0.25) is 6.08 Å². The summed E-state index contributed by atoms with van der Waals surface area (Å²) in [6.45, 7) is 4.63. The van der Waals surface area contributed by atoms with Crippen LogP contribution in [0.2, 0.25) is 0 Å². The van der Waals surface area contributed by atoms with E-state index in [0.29, 0.717) is 0 Å². The average molecular weight is 96.9 g/mol. The van der Waals surface area contributed by atoms with Crippen molar-refractivity contribution in [1.82, 2.24) is 0 Å². The Bertz CT molecular complexity index is 72.4. The molecule has 0 amide bonds. The second kappa shape index (κ2) is 10.4. The van der Waals surface area contributed by atoms with Crippen molar-refractivity contribution in [1.29, 1.82) is 0 Å². The summed E-state index contributed by atoms with van der Waals surface area (Å²) in [5.74, 6) is -1.27. The SMILES string of the molecule is [CH-]=C[CH]C(=O)[O-].[Li+].[Li]. The summed E-state index contributed by atoms with van der Waals surface area (Å²) in [6, 6.07) is 0. The van der Waals surface area contributed by atoms with E-state index in [1.807, 2.05) is 0 Å². The van der Waals surface area contributed by atoms with E-state index in [1.165, 1.54) is 0 Å². The molecule has 0 N–H and O–H groups in total. The monoisotopic (exact) mass is 97.0 g/mol. The second-order valence-corrected chi connectivity index (χ2v) is 0.678. The number of carbonyl (C=O) groups is 1. The predicted octanol–water partition coefficient (Wildman–Crippen LogP) is -4.45. The summed E-state index contributed by atoms with van der Waals surface area (Å²) in [5, 5.41) is 9.32. The molecule has 0 saturated heterocycles. The summed E-state index contributed by atoms with van der Waals surface area (Å²) in [7, 11) is 0. The van der Waals surface area contributed by atoms with Gasteiger partial charge in [0.2, 0.25) is 0 Å². The Morgan fingerprint density at radius 3 is 2.00 bits per heavy atom. The Balaban J connectivity index is -0.000000125. The molecule has 2 radical (unpaired) electrons. The molecule has 0 unspecified atom stereocenters. The molecule has 0 atom stereocenters. The molecular formula is C4H3Li2O2-. The summed E-state index contributed by atoms with van der Waals surface area (Å²) in [5.41, 5.74) is 0. The van der Waals surface area contributed by atoms with Gasteiger partial charge in [0.1, 0.15) is 0 Å². The number of carbonyl (C=O) groups excluding carboxylic acids is 1. The van der Waals surface area contributed by atoms with Crippen LogP contribution in [-0.2, 0) is 4.79 Å². The van der Waals surface area contributed by atoms with Gasteiger partial charge in [0.25, 0.3) is 0 Å². The molecule has 0 aromatic heterocycles. The van der Waals surface area contributed by atoms with Gasteiger partial charge in [-0.1, -0.05) is 0 Å². The van der Waals surface area contributed by atoms with Crippen LogP contribution in [0.4, 0.5) is 0 Å². The van der Waals surface area contributed by atoms with Gasteiger partial charge in [-0.15, -0.1) is 0 Å². The number of carboxylic acid groups (broad SMARTS) is 1. The fourth-order valence-corrected chi connectivity index (χ4v) is 0.0786. The molecule has 0 aromatic carbocycles. The topological polar surface area (TPSA) is 40.1 Å². The van der Waals surface area contributed by atoms with E-state index in [0.717, 1.165) is 12.5 Å². The minimum atomic E-state index is -1.27. The maximum absolute atomic E-state index is 9.32. The van der Waals surface area contributed by atoms with Crippen molar-refractivity contribution in [2.75, 3.05) is 0 Å². The van der Waals surface area contributed by atoms with Crippen LogP contribution in [0.5, 0.6) is 0 Å². The largest absolute Gasteiger partial charge is 1.00 e. The third-order valence-electron chi connectivity index (χ3n) is 0.232. The van der Waals surface area contributed by atoms with Gasteiger partial charge in [-0.05, 0) is 6.42 Å². The normalized spacial score (nSPS) is 5.50. The van der Waals surface area contributed by atoms with E-state index in [-0.39, 0.29) is 37.7 Å². The Hall–Kier alpha value is 0.405. The quantitative estimate of drug-likeness (QED) is 0.257. The van der Waals surface area contributed by atoms with Crippen LogP contribution in [0.3, 0.4) is 0 Å². The first-order valence-electron chi connectivity index (χ1n) is 1.36. The predicted molar refractivity (Wildman–Crippen MR) is 23.9 cm³/mol. The van der Waals surface area contributed by atoms with E-state index in [2.05, 4.69) is 6.58 Å². The molecule has 0 saturated carbocycles. The van der Waals surface area contributed by atoms with E-state index < -0.39 is 5.97 Å². The first kappa shape index (κ1) is 15.8. The fraction of sp³-hybridized carbons (Fsp3) is 0. The third-order valence-corrected chi connectivity index (χ3v) is 0.232. The number of rotatable bonds is 2. The first-order valence-corrected chi connectivity index (χ1v) is 1.36. The first-order chi connectivity index (χ1) is 2.77. The summed E-state index contributed by atoms with van der Waals surface area (Å²) < 4.78 is 0. The zero-order chi connectivity index (χ0) is 4.99. The van der Waals surface area contributed by atoms with Crippen LogP contribution in [0.25, 0.3) is 0 Å². The van der Waals surface area contributed by atoms with Crippen LogP contribution in [0.15, 0.2) is 6.08 Å². The molecule has 0 bridgehead atoms. The van der Waals surface area contributed by atoms with E-state index in [9.17, 15) is 9.90 Å². The van der Waals surface area contributed by atoms with Crippen molar-refractivity contribution < 1.29 is 28.8 Å². The molecular weight excluding hydrogens is 93.9 g/mol. The smallest absolute Gasteiger partial charge is 0.550 e. The Kier molecular flexibility index (Phi) is 20.5. The Morgan fingerprint density at radius 1 is 1.62 bits per heavy atom. The molecule has 0 aliphatic heterocycles. The number of aliphatic carboxylic acids is 1. The van der Waals surface area contributed by atoms with Crippen molar-refractivity contribution in [3.8, 4) is 0 Å². The summed E-state index contributed by atoms with van der Waals surface area (Å²) in [6.07, 6.45) is 1.66. The molecule has 0 fully saturated rings. The van der Waals surface area contributed by atoms with Crippen molar-refractivity contribution in [3.05, 3.63) is 19.1 Å². The molecule has 4 heteroatoms. The number of carboxylic acids is 1. The van der Waals surface area contributed by atoms with E-state index in [4.69, 9.17) is 0 Å². The molecule has 0 heterocycles. The standard InChI is InChI=1S/C4H4O2.2Li/c1-2-3-4(5)6;;/h1-3H,(H,5,6);;/q-1;;+1/p-1. The maximum Gasteiger partial charge on any atom is 1.00 e. The number of hydrogen-bond donors (Lipinski definition) is 0. The molecule has 34 valence electrons. The Labute approximate surface area is 72.7 Å². The molecule has 8 heavy (non-hydrogen) atoms. The van der Waals surface area contributed by atoms with Gasteiger partial charge >= 0.3 is 18.9 Å². The molecule has 0 aliphatic carbocycles. The van der Waals surface area contributed by atoms with Crippen LogP contribution in [-0.4, -0.2) is 24.8 Å². The third kappa shape index (κ3) is 16.1. The van der Waals surface area contributed by atoms with Crippen LogP contribution in [0, 0.1) is 13.0 Å². The van der Waals surface area contributed by atoms with Crippen LogP contribution < -0.4 is 24.0 Å². The Morgan fingerprint density at radius 2 is 2.00 bits per heavy atom. The second-order valence-electron chi connectivity index (χ2n) is 0.678. The number of hydrogen-bond acceptors (Lipinski definition) is 2. The van der Waals surface area contributed by atoms with Gasteiger partial charge in [-0.2, -0.15) is 0 Å². The molecule has 0 aromatic rings. The molecule has 0 rings (SSSR count). The van der Waals surface area contributed by atoms with Crippen LogP contribution in [0.1, 0.15) is 0 Å². The average Bonchev–Trinajstić information content (AvgIpc) is 1.35. The maximum atomic E-state index is 9.32. The van der Waals surface area contributed by atoms with Gasteiger partial charge in [0.05, 0.1) is 0 Å². The summed E-state index contributed by atoms with van der Waals surface area (Å²) >= 11 is 0. The minimum Gasteiger partial charge on any atom is -0.550 e. The summed E-state index contributed by atoms with van der Waals surface area (Å²) in [4.78, 5) is 9.32. The minimum absolute atomic E-state index is 0. The fourth-order valence-electron chi connectivity index (χ4n) is 0.0786. The van der Waals surface area contributed by atoms with Crippen molar-refractivity contribution >= 4 is 24.8 Å². The van der Waals surface area contributed by atoms with Gasteiger partial charge in [0.15, 0.2) is 0 Å². The molecule has 0 aliphatic rings. The van der Waals surface area contributed by atoms with E-state index >= 15 is 0 Å². The van der Waals surface area contributed by atoms with Crippen molar-refractivity contribution in [3.63, 3.8) is 0 Å². The van der Waals surface area contributed by atoms with Crippen molar-refractivity contribution in [2.45, 2.75) is 0 Å². The van der Waals surface area contributed by atoms with Gasteiger partial charge < -0.3 is 16.5 Å². The van der Waals surface area contributed by atoms with E-state index in [1.54, 1.807) is 0 Å². The zero-order valence-corrected chi connectivity index (χ0v) is 5.05. The zero-order valence-electron chi connectivity index (χ0n) is 5.05. The van der Waals surface area contributed by atoms with Gasteiger partial charge in [0, 0.05) is 24.8 Å². The molecule has 0 spiro atoms. The van der Waals surface area contributed by atoms with Gasteiger partial charge in [-0.25, -0.2) is 0 Å². The van der Waals surface area contributed by atoms with Crippen molar-refractivity contribution in [2.24, 2.45) is 0 Å². The van der Waals surface area contributed by atoms with Crippen LogP contribution >= 0.6 is 0 Å².